The number of anilines is 6. The fourth-order valence-corrected chi connectivity index (χ4v) is 12.1. The van der Waals surface area contributed by atoms with Crippen LogP contribution in [0.5, 0.6) is 0 Å². The summed E-state index contributed by atoms with van der Waals surface area (Å²) in [5.41, 5.74) is 12.3. The molecular formula is C60H39N3S2. The molecule has 0 amide bonds. The van der Waals surface area contributed by atoms with Gasteiger partial charge in [-0.3, -0.25) is 0 Å². The molecule has 0 bridgehead atoms. The largest absolute Gasteiger partial charge is 0.310 e. The van der Waals surface area contributed by atoms with E-state index < -0.39 is 0 Å². The molecule has 65 heavy (non-hydrogen) atoms. The van der Waals surface area contributed by atoms with Gasteiger partial charge in [-0.15, -0.1) is 22.7 Å². The Hall–Kier alpha value is -7.96. The first-order valence-corrected chi connectivity index (χ1v) is 23.6. The average molecular weight is 866 g/mol. The van der Waals surface area contributed by atoms with E-state index in [2.05, 4.69) is 251 Å². The predicted octanol–water partition coefficient (Wildman–Crippen LogP) is 18.1. The Morgan fingerprint density at radius 2 is 0.769 bits per heavy atom. The molecule has 0 spiro atoms. The van der Waals surface area contributed by atoms with Crippen LogP contribution in [0.25, 0.3) is 79.0 Å². The van der Waals surface area contributed by atoms with Crippen LogP contribution in [0.2, 0.25) is 0 Å². The summed E-state index contributed by atoms with van der Waals surface area (Å²) in [6.45, 7) is 0. The second-order valence-electron chi connectivity index (χ2n) is 16.5. The lowest BCUT2D eigenvalue weighted by Crippen LogP contribution is -2.14. The average Bonchev–Trinajstić information content (AvgIpc) is 4.04. The lowest BCUT2D eigenvalue weighted by atomic mass is 10.0. The van der Waals surface area contributed by atoms with Gasteiger partial charge in [0.05, 0.1) is 22.4 Å². The van der Waals surface area contributed by atoms with Crippen LogP contribution in [0.15, 0.2) is 237 Å². The molecule has 0 aliphatic heterocycles. The highest BCUT2D eigenvalue weighted by atomic mass is 32.1. The summed E-state index contributed by atoms with van der Waals surface area (Å²) >= 11 is 3.71. The van der Waals surface area contributed by atoms with Crippen molar-refractivity contribution in [3.63, 3.8) is 0 Å². The topological polar surface area (TPSA) is 11.4 Å². The van der Waals surface area contributed by atoms with E-state index in [-0.39, 0.29) is 0 Å². The predicted molar refractivity (Wildman–Crippen MR) is 281 cm³/mol. The van der Waals surface area contributed by atoms with Gasteiger partial charge < -0.3 is 14.4 Å². The Labute approximate surface area is 384 Å². The molecule has 13 aromatic rings. The van der Waals surface area contributed by atoms with Gasteiger partial charge in [0, 0.05) is 79.6 Å². The zero-order valence-corrected chi connectivity index (χ0v) is 36.8. The van der Waals surface area contributed by atoms with Crippen LogP contribution in [-0.2, 0) is 0 Å². The van der Waals surface area contributed by atoms with Crippen molar-refractivity contribution in [1.29, 1.82) is 0 Å². The Balaban J connectivity index is 1.12. The van der Waals surface area contributed by atoms with E-state index in [1.54, 1.807) is 0 Å². The lowest BCUT2D eigenvalue weighted by Gasteiger charge is -2.30. The fraction of sp³-hybridized carbons (Fsp3) is 0. The second kappa shape index (κ2) is 15.4. The Kier molecular flexibility index (Phi) is 8.90. The molecule has 306 valence electrons. The third-order valence-electron chi connectivity index (χ3n) is 12.7. The Morgan fingerprint density at radius 3 is 1.38 bits per heavy atom. The third kappa shape index (κ3) is 6.31. The summed E-state index contributed by atoms with van der Waals surface area (Å²) in [6.07, 6.45) is 0. The van der Waals surface area contributed by atoms with Gasteiger partial charge in [-0.05, 0) is 102 Å². The van der Waals surface area contributed by atoms with E-state index in [0.29, 0.717) is 0 Å². The summed E-state index contributed by atoms with van der Waals surface area (Å²) < 4.78 is 7.59. The minimum Gasteiger partial charge on any atom is -0.310 e. The van der Waals surface area contributed by atoms with Crippen molar-refractivity contribution in [2.75, 3.05) is 9.80 Å². The van der Waals surface area contributed by atoms with Gasteiger partial charge in [-0.1, -0.05) is 146 Å². The van der Waals surface area contributed by atoms with Gasteiger partial charge in [0.2, 0.25) is 0 Å². The molecule has 13 rings (SSSR count). The molecule has 0 unspecified atom stereocenters. The highest BCUT2D eigenvalue weighted by Crippen LogP contribution is 2.50. The number of para-hydroxylation sites is 3. The van der Waals surface area contributed by atoms with E-state index in [1.165, 1.54) is 62.2 Å². The first kappa shape index (κ1) is 37.6. The lowest BCUT2D eigenvalue weighted by molar-refractivity contribution is 1.17. The molecule has 3 aromatic heterocycles. The molecule has 10 aromatic carbocycles. The second-order valence-corrected chi connectivity index (χ2v) is 18.7. The summed E-state index contributed by atoms with van der Waals surface area (Å²) in [5, 5.41) is 7.53. The molecule has 3 heterocycles. The van der Waals surface area contributed by atoms with Gasteiger partial charge in [0.15, 0.2) is 0 Å². The van der Waals surface area contributed by atoms with Crippen LogP contribution in [0.3, 0.4) is 0 Å². The van der Waals surface area contributed by atoms with Crippen LogP contribution >= 0.6 is 22.7 Å². The molecule has 0 N–H and O–H groups in total. The van der Waals surface area contributed by atoms with E-state index in [4.69, 9.17) is 0 Å². The van der Waals surface area contributed by atoms with Crippen LogP contribution < -0.4 is 9.80 Å². The van der Waals surface area contributed by atoms with Crippen LogP contribution in [0, 0.1) is 0 Å². The smallest absolute Gasteiger partial charge is 0.0583 e. The zero-order chi connectivity index (χ0) is 42.8. The number of hydrogen-bond acceptors (Lipinski definition) is 4. The fourth-order valence-electron chi connectivity index (χ4n) is 9.81. The highest BCUT2D eigenvalue weighted by Gasteiger charge is 2.26. The van der Waals surface area contributed by atoms with Gasteiger partial charge >= 0.3 is 0 Å². The maximum absolute atomic E-state index is 2.48. The zero-order valence-electron chi connectivity index (χ0n) is 35.2. The molecule has 3 nitrogen and oxygen atoms in total. The number of fused-ring (bicyclic) bond motifs is 9. The number of thiophene rings is 2. The van der Waals surface area contributed by atoms with Crippen LogP contribution in [0.4, 0.5) is 34.1 Å². The van der Waals surface area contributed by atoms with E-state index in [1.807, 2.05) is 22.7 Å². The monoisotopic (exact) mass is 865 g/mol. The van der Waals surface area contributed by atoms with Gasteiger partial charge in [-0.2, -0.15) is 0 Å². The summed E-state index contributed by atoms with van der Waals surface area (Å²) in [7, 11) is 0. The van der Waals surface area contributed by atoms with Crippen molar-refractivity contribution >= 4 is 119 Å². The van der Waals surface area contributed by atoms with Gasteiger partial charge in [-0.25, -0.2) is 0 Å². The highest BCUT2D eigenvalue weighted by molar-refractivity contribution is 7.26. The number of rotatable bonds is 8. The first-order valence-electron chi connectivity index (χ1n) is 22.0. The Morgan fingerprint density at radius 1 is 0.292 bits per heavy atom. The van der Waals surface area contributed by atoms with Gasteiger partial charge in [0.25, 0.3) is 0 Å². The normalized spacial score (nSPS) is 11.7. The number of nitrogens with zero attached hydrogens (tertiary/aromatic N) is 3. The minimum absolute atomic E-state index is 1.06. The first-order chi connectivity index (χ1) is 32.2. The van der Waals surface area contributed by atoms with Crippen LogP contribution in [0.1, 0.15) is 0 Å². The molecule has 0 atom stereocenters. The maximum Gasteiger partial charge on any atom is 0.0583 e. The maximum atomic E-state index is 2.48. The molecule has 0 aliphatic carbocycles. The van der Waals surface area contributed by atoms with Gasteiger partial charge in [0.1, 0.15) is 0 Å². The molecule has 0 aliphatic rings. The quantitative estimate of drug-likeness (QED) is 0.151. The van der Waals surface area contributed by atoms with Crippen molar-refractivity contribution in [1.82, 2.24) is 4.57 Å². The summed E-state index contributed by atoms with van der Waals surface area (Å²) in [5.74, 6) is 0. The number of hydrogen-bond donors (Lipinski definition) is 0. The van der Waals surface area contributed by atoms with Crippen molar-refractivity contribution < 1.29 is 0 Å². The molecular weight excluding hydrogens is 827 g/mol. The molecule has 0 fully saturated rings. The standard InChI is InChI=1S/C60H39N3S2/c1-4-16-40(17-5-1)41-28-30-44(31-29-41)63-53-25-13-10-24-52(53)60-54(62(43-20-8-3-9-21-43)46-33-35-51-49-23-12-15-27-57(49)65-59(51)39-46)36-47(37-55(60)63)61(42-18-6-2-7-19-42)45-32-34-50-48-22-11-14-26-56(48)64-58(50)38-45/h1-39H. The van der Waals surface area contributed by atoms with Crippen LogP contribution in [-0.4, -0.2) is 4.57 Å². The van der Waals surface area contributed by atoms with E-state index in [0.717, 1.165) is 50.8 Å². The van der Waals surface area contributed by atoms with Crippen molar-refractivity contribution in [3.8, 4) is 16.8 Å². The number of benzene rings is 10. The van der Waals surface area contributed by atoms with E-state index >= 15 is 0 Å². The SMILES string of the molecule is c1ccc(-c2ccc(-n3c4ccccc4c4c(N(c5ccccc5)c5ccc6c(c5)sc5ccccc56)cc(N(c5ccccc5)c5ccc6c(c5)sc5ccccc56)cc43)cc2)cc1. The van der Waals surface area contributed by atoms with Crippen molar-refractivity contribution in [2.45, 2.75) is 0 Å². The van der Waals surface area contributed by atoms with Crippen molar-refractivity contribution in [3.05, 3.63) is 237 Å². The number of aromatic nitrogens is 1. The molecule has 0 saturated heterocycles. The van der Waals surface area contributed by atoms with Crippen molar-refractivity contribution in [2.24, 2.45) is 0 Å². The molecule has 5 heteroatoms. The summed E-state index contributed by atoms with van der Waals surface area (Å²) in [6, 6.07) is 86.6. The minimum atomic E-state index is 1.06. The summed E-state index contributed by atoms with van der Waals surface area (Å²) in [4.78, 5) is 4.91. The third-order valence-corrected chi connectivity index (χ3v) is 15.0. The Bertz CT molecular complexity index is 3890. The molecule has 0 radical (unpaired) electrons. The van der Waals surface area contributed by atoms with E-state index in [9.17, 15) is 0 Å². The molecule has 0 saturated carbocycles.